The van der Waals surface area contributed by atoms with E-state index in [9.17, 15) is 0 Å². The van der Waals surface area contributed by atoms with Crippen LogP contribution in [0.2, 0.25) is 0 Å². The van der Waals surface area contributed by atoms with E-state index in [4.69, 9.17) is 5.73 Å². The maximum Gasteiger partial charge on any atom is 0.0398 e. The smallest absolute Gasteiger partial charge is 0.0398 e. The monoisotopic (exact) mass is 230 g/mol. The Morgan fingerprint density at radius 1 is 1.18 bits per heavy atom. The average Bonchev–Trinajstić information content (AvgIpc) is 3.16. The standard InChI is InChI=1S/C15H22N2/c16-11-15(8-9-15)12-17-10-4-3-6-13-5-1-2-7-14(13)17/h1-2,5,7H,3-4,6,8-12,16H2. The molecule has 1 heterocycles. The average molecular weight is 230 g/mol. The molecule has 1 aliphatic carbocycles. The molecule has 0 spiro atoms. The third kappa shape index (κ3) is 2.19. The molecule has 92 valence electrons. The Labute approximate surface area is 104 Å². The number of rotatable bonds is 3. The Morgan fingerprint density at radius 2 is 2.00 bits per heavy atom. The second-order valence-electron chi connectivity index (χ2n) is 5.71. The van der Waals surface area contributed by atoms with Gasteiger partial charge in [0.2, 0.25) is 0 Å². The summed E-state index contributed by atoms with van der Waals surface area (Å²) in [4.78, 5) is 2.59. The van der Waals surface area contributed by atoms with E-state index in [1.165, 1.54) is 56.4 Å². The summed E-state index contributed by atoms with van der Waals surface area (Å²) in [5.74, 6) is 0. The summed E-state index contributed by atoms with van der Waals surface area (Å²) in [6, 6.07) is 8.90. The van der Waals surface area contributed by atoms with Gasteiger partial charge < -0.3 is 10.6 Å². The van der Waals surface area contributed by atoms with Crippen molar-refractivity contribution in [1.29, 1.82) is 0 Å². The molecule has 0 radical (unpaired) electrons. The van der Waals surface area contributed by atoms with Gasteiger partial charge in [-0.2, -0.15) is 0 Å². The number of hydrogen-bond acceptors (Lipinski definition) is 2. The minimum absolute atomic E-state index is 0.442. The van der Waals surface area contributed by atoms with Gasteiger partial charge in [0, 0.05) is 24.2 Å². The summed E-state index contributed by atoms with van der Waals surface area (Å²) in [5, 5.41) is 0. The van der Waals surface area contributed by atoms with Gasteiger partial charge in [-0.1, -0.05) is 18.2 Å². The molecule has 1 aliphatic heterocycles. The van der Waals surface area contributed by atoms with E-state index in [2.05, 4.69) is 29.2 Å². The van der Waals surface area contributed by atoms with Gasteiger partial charge in [-0.3, -0.25) is 0 Å². The summed E-state index contributed by atoms with van der Waals surface area (Å²) in [7, 11) is 0. The van der Waals surface area contributed by atoms with Crippen LogP contribution in [0.4, 0.5) is 5.69 Å². The quantitative estimate of drug-likeness (QED) is 0.864. The lowest BCUT2D eigenvalue weighted by Gasteiger charge is -2.29. The van der Waals surface area contributed by atoms with Crippen LogP contribution in [0.5, 0.6) is 0 Å². The molecule has 2 nitrogen and oxygen atoms in total. The highest BCUT2D eigenvalue weighted by atomic mass is 15.1. The van der Waals surface area contributed by atoms with Crippen LogP contribution < -0.4 is 10.6 Å². The lowest BCUT2D eigenvalue weighted by Crippen LogP contribution is -2.34. The first kappa shape index (κ1) is 11.1. The molecule has 1 aromatic carbocycles. The Morgan fingerprint density at radius 3 is 2.76 bits per heavy atom. The molecule has 1 aromatic rings. The van der Waals surface area contributed by atoms with Gasteiger partial charge >= 0.3 is 0 Å². The summed E-state index contributed by atoms with van der Waals surface area (Å²) < 4.78 is 0. The molecule has 0 unspecified atom stereocenters. The van der Waals surface area contributed by atoms with E-state index in [1.54, 1.807) is 0 Å². The van der Waals surface area contributed by atoms with Crippen molar-refractivity contribution in [1.82, 2.24) is 0 Å². The van der Waals surface area contributed by atoms with E-state index in [0.717, 1.165) is 6.54 Å². The van der Waals surface area contributed by atoms with Crippen LogP contribution >= 0.6 is 0 Å². The molecule has 0 atom stereocenters. The van der Waals surface area contributed by atoms with E-state index >= 15 is 0 Å². The lowest BCUT2D eigenvalue weighted by molar-refractivity contribution is 0.506. The number of anilines is 1. The van der Waals surface area contributed by atoms with Gasteiger partial charge in [0.15, 0.2) is 0 Å². The summed E-state index contributed by atoms with van der Waals surface area (Å²) in [5.41, 5.74) is 9.35. The van der Waals surface area contributed by atoms with Crippen LogP contribution in [0.1, 0.15) is 31.2 Å². The summed E-state index contributed by atoms with van der Waals surface area (Å²) in [6.45, 7) is 3.23. The Kier molecular flexibility index (Phi) is 2.83. The number of nitrogens with two attached hydrogens (primary N) is 1. The highest BCUT2D eigenvalue weighted by Gasteiger charge is 2.42. The minimum atomic E-state index is 0.442. The largest absolute Gasteiger partial charge is 0.371 e. The Hall–Kier alpha value is -1.02. The molecule has 0 bridgehead atoms. The summed E-state index contributed by atoms with van der Waals surface area (Å²) in [6.07, 6.45) is 6.52. The molecule has 2 heteroatoms. The van der Waals surface area contributed by atoms with Gasteiger partial charge in [0.05, 0.1) is 0 Å². The van der Waals surface area contributed by atoms with Crippen molar-refractivity contribution in [3.63, 3.8) is 0 Å². The Balaban J connectivity index is 1.84. The number of para-hydroxylation sites is 1. The van der Waals surface area contributed by atoms with Gasteiger partial charge in [-0.15, -0.1) is 0 Å². The topological polar surface area (TPSA) is 29.3 Å². The second-order valence-corrected chi connectivity index (χ2v) is 5.71. The highest BCUT2D eigenvalue weighted by molar-refractivity contribution is 5.54. The summed E-state index contributed by atoms with van der Waals surface area (Å²) >= 11 is 0. The number of aryl methyl sites for hydroxylation is 1. The highest BCUT2D eigenvalue weighted by Crippen LogP contribution is 2.46. The number of nitrogens with zero attached hydrogens (tertiary/aromatic N) is 1. The fourth-order valence-electron chi connectivity index (χ4n) is 2.94. The van der Waals surface area contributed by atoms with Crippen LogP contribution in [0.3, 0.4) is 0 Å². The van der Waals surface area contributed by atoms with Crippen molar-refractivity contribution in [3.05, 3.63) is 29.8 Å². The van der Waals surface area contributed by atoms with E-state index < -0.39 is 0 Å². The second kappa shape index (κ2) is 4.34. The molecule has 0 saturated heterocycles. The van der Waals surface area contributed by atoms with Crippen LogP contribution in [0.15, 0.2) is 24.3 Å². The zero-order valence-electron chi connectivity index (χ0n) is 10.5. The van der Waals surface area contributed by atoms with E-state index in [-0.39, 0.29) is 0 Å². The van der Waals surface area contributed by atoms with Crippen molar-refractivity contribution >= 4 is 5.69 Å². The molecular weight excluding hydrogens is 208 g/mol. The van der Waals surface area contributed by atoms with E-state index in [1.807, 2.05) is 0 Å². The zero-order valence-corrected chi connectivity index (χ0v) is 10.5. The maximum atomic E-state index is 5.92. The van der Waals surface area contributed by atoms with Gasteiger partial charge in [-0.25, -0.2) is 0 Å². The first-order chi connectivity index (χ1) is 8.33. The fraction of sp³-hybridized carbons (Fsp3) is 0.600. The van der Waals surface area contributed by atoms with Gasteiger partial charge in [0.1, 0.15) is 0 Å². The molecule has 0 aromatic heterocycles. The fourth-order valence-corrected chi connectivity index (χ4v) is 2.94. The van der Waals surface area contributed by atoms with Gasteiger partial charge in [0.25, 0.3) is 0 Å². The first-order valence-electron chi connectivity index (χ1n) is 6.86. The number of benzene rings is 1. The van der Waals surface area contributed by atoms with Gasteiger partial charge in [-0.05, 0) is 50.3 Å². The van der Waals surface area contributed by atoms with Crippen LogP contribution in [-0.2, 0) is 6.42 Å². The molecule has 17 heavy (non-hydrogen) atoms. The van der Waals surface area contributed by atoms with Crippen molar-refractivity contribution < 1.29 is 0 Å². The third-order valence-corrected chi connectivity index (χ3v) is 4.37. The Bertz CT molecular complexity index is 396. The van der Waals surface area contributed by atoms with Crippen LogP contribution in [0.25, 0.3) is 0 Å². The van der Waals surface area contributed by atoms with Crippen LogP contribution in [0, 0.1) is 5.41 Å². The van der Waals surface area contributed by atoms with Crippen molar-refractivity contribution in [3.8, 4) is 0 Å². The minimum Gasteiger partial charge on any atom is -0.371 e. The van der Waals surface area contributed by atoms with Crippen molar-refractivity contribution in [2.75, 3.05) is 24.5 Å². The number of hydrogen-bond donors (Lipinski definition) is 1. The zero-order chi connectivity index (χ0) is 11.7. The third-order valence-electron chi connectivity index (χ3n) is 4.37. The molecule has 3 rings (SSSR count). The molecular formula is C15H22N2. The predicted molar refractivity (Wildman–Crippen MR) is 72.3 cm³/mol. The van der Waals surface area contributed by atoms with Crippen molar-refractivity contribution in [2.24, 2.45) is 11.1 Å². The number of fused-ring (bicyclic) bond motifs is 1. The SMILES string of the molecule is NCC1(CN2CCCCc3ccccc32)CC1. The molecule has 2 aliphatic rings. The van der Waals surface area contributed by atoms with Crippen molar-refractivity contribution in [2.45, 2.75) is 32.1 Å². The predicted octanol–water partition coefficient (Wildman–Crippen LogP) is 2.57. The molecule has 1 fully saturated rings. The molecule has 2 N–H and O–H groups in total. The molecule has 0 amide bonds. The van der Waals surface area contributed by atoms with Crippen LogP contribution in [-0.4, -0.2) is 19.6 Å². The first-order valence-corrected chi connectivity index (χ1v) is 6.86. The molecule has 1 saturated carbocycles. The lowest BCUT2D eigenvalue weighted by atomic mass is 10.1. The normalized spacial score (nSPS) is 21.8. The maximum absolute atomic E-state index is 5.92. The van der Waals surface area contributed by atoms with E-state index in [0.29, 0.717) is 5.41 Å².